The van der Waals surface area contributed by atoms with Crippen molar-refractivity contribution in [2.45, 2.75) is 13.0 Å². The molecule has 2 heterocycles. The van der Waals surface area contributed by atoms with Gasteiger partial charge in [0.25, 0.3) is 0 Å². The summed E-state index contributed by atoms with van der Waals surface area (Å²) in [6.07, 6.45) is 2.72. The molecular weight excluding hydrogens is 499 g/mol. The lowest BCUT2D eigenvalue weighted by Crippen LogP contribution is -2.45. The molecule has 0 spiro atoms. The van der Waals surface area contributed by atoms with Gasteiger partial charge in [-0.25, -0.2) is 4.98 Å². The molecule has 8 heteroatoms. The van der Waals surface area contributed by atoms with Gasteiger partial charge in [0.05, 0.1) is 0 Å². The van der Waals surface area contributed by atoms with Crippen molar-refractivity contribution in [2.75, 3.05) is 51.7 Å². The number of hydrogen-bond acceptors (Lipinski definition) is 4. The minimum absolute atomic E-state index is 0. The van der Waals surface area contributed by atoms with Crippen LogP contribution in [0.4, 0.5) is 5.82 Å². The van der Waals surface area contributed by atoms with Crippen LogP contribution in [0.3, 0.4) is 0 Å². The van der Waals surface area contributed by atoms with Gasteiger partial charge >= 0.3 is 0 Å². The van der Waals surface area contributed by atoms with Crippen molar-refractivity contribution in [3.05, 3.63) is 58.7 Å². The Balaban J connectivity index is 0.00000300. The minimum atomic E-state index is 0. The molecule has 0 atom stereocenters. The van der Waals surface area contributed by atoms with Gasteiger partial charge in [-0.15, -0.1) is 24.0 Å². The molecule has 0 radical (unpaired) electrons. The lowest BCUT2D eigenvalue weighted by atomic mass is 10.1. The number of benzene rings is 1. The molecule has 158 valence electrons. The number of aromatic nitrogens is 1. The standard InChI is InChI=1S/C21H29ClN6.HI/c1-23-21(25-11-9-17-6-3-4-8-19(17)22)26-16-18-7-5-10-24-20(18)28-14-12-27(2)13-15-28;/h3-8,10H,9,11-16H2,1-2H3,(H2,23,25,26);1H. The van der Waals surface area contributed by atoms with Gasteiger partial charge in [-0.05, 0) is 31.2 Å². The van der Waals surface area contributed by atoms with Gasteiger partial charge in [0, 0.05) is 63.1 Å². The van der Waals surface area contributed by atoms with Crippen LogP contribution >= 0.6 is 35.6 Å². The van der Waals surface area contributed by atoms with Crippen molar-refractivity contribution in [3.63, 3.8) is 0 Å². The van der Waals surface area contributed by atoms with E-state index in [4.69, 9.17) is 11.6 Å². The Kier molecular flexibility index (Phi) is 9.96. The van der Waals surface area contributed by atoms with Crippen LogP contribution in [0.1, 0.15) is 11.1 Å². The molecule has 29 heavy (non-hydrogen) atoms. The molecule has 1 aromatic carbocycles. The van der Waals surface area contributed by atoms with E-state index in [0.717, 1.165) is 61.5 Å². The maximum Gasteiger partial charge on any atom is 0.191 e. The largest absolute Gasteiger partial charge is 0.356 e. The average molecular weight is 529 g/mol. The molecule has 0 bridgehead atoms. The molecule has 0 aliphatic carbocycles. The Morgan fingerprint density at radius 2 is 1.79 bits per heavy atom. The van der Waals surface area contributed by atoms with E-state index in [1.54, 1.807) is 7.05 Å². The van der Waals surface area contributed by atoms with Gasteiger partial charge in [0.15, 0.2) is 5.96 Å². The van der Waals surface area contributed by atoms with Gasteiger partial charge in [-0.3, -0.25) is 4.99 Å². The summed E-state index contributed by atoms with van der Waals surface area (Å²) in [5, 5.41) is 7.57. The average Bonchev–Trinajstić information content (AvgIpc) is 2.73. The van der Waals surface area contributed by atoms with E-state index >= 15 is 0 Å². The van der Waals surface area contributed by atoms with E-state index in [-0.39, 0.29) is 24.0 Å². The summed E-state index contributed by atoms with van der Waals surface area (Å²) in [6.45, 7) is 5.59. The Hall–Kier alpha value is -1.58. The van der Waals surface area contributed by atoms with Gasteiger partial charge in [-0.2, -0.15) is 0 Å². The normalized spacial score (nSPS) is 15.0. The van der Waals surface area contributed by atoms with Crippen LogP contribution in [-0.4, -0.2) is 62.7 Å². The molecule has 1 aromatic heterocycles. The zero-order chi connectivity index (χ0) is 19.8. The number of halogens is 2. The Morgan fingerprint density at radius 1 is 1.07 bits per heavy atom. The predicted octanol–water partition coefficient (Wildman–Crippen LogP) is 3.01. The fourth-order valence-electron chi connectivity index (χ4n) is 3.29. The molecule has 1 aliphatic rings. The van der Waals surface area contributed by atoms with Crippen LogP contribution < -0.4 is 15.5 Å². The van der Waals surface area contributed by atoms with E-state index in [9.17, 15) is 0 Å². The summed E-state index contributed by atoms with van der Waals surface area (Å²) < 4.78 is 0. The zero-order valence-corrected chi connectivity index (χ0v) is 20.2. The van der Waals surface area contributed by atoms with Crippen molar-refractivity contribution < 1.29 is 0 Å². The fraction of sp³-hybridized carbons (Fsp3) is 0.429. The minimum Gasteiger partial charge on any atom is -0.356 e. The fourth-order valence-corrected chi connectivity index (χ4v) is 3.52. The molecule has 1 saturated heterocycles. The first-order valence-corrected chi connectivity index (χ1v) is 10.1. The zero-order valence-electron chi connectivity index (χ0n) is 17.1. The third-order valence-electron chi connectivity index (χ3n) is 4.98. The number of anilines is 1. The van der Waals surface area contributed by atoms with Crippen LogP contribution in [-0.2, 0) is 13.0 Å². The van der Waals surface area contributed by atoms with Crippen molar-refractivity contribution in [2.24, 2.45) is 4.99 Å². The maximum atomic E-state index is 6.23. The Bertz CT molecular complexity index is 792. The third-order valence-corrected chi connectivity index (χ3v) is 5.35. The van der Waals surface area contributed by atoms with E-state index in [0.29, 0.717) is 6.54 Å². The van der Waals surface area contributed by atoms with Crippen LogP contribution in [0, 0.1) is 0 Å². The summed E-state index contributed by atoms with van der Waals surface area (Å²) in [7, 11) is 3.95. The smallest absolute Gasteiger partial charge is 0.191 e. The number of pyridine rings is 1. The highest BCUT2D eigenvalue weighted by Gasteiger charge is 2.17. The first-order chi connectivity index (χ1) is 13.7. The molecule has 3 rings (SSSR count). The summed E-state index contributed by atoms with van der Waals surface area (Å²) in [5.74, 6) is 1.84. The first kappa shape index (κ1) is 23.7. The van der Waals surface area contributed by atoms with Gasteiger partial charge in [0.1, 0.15) is 5.82 Å². The number of nitrogens with zero attached hydrogens (tertiary/aromatic N) is 4. The van der Waals surface area contributed by atoms with Crippen molar-refractivity contribution >= 4 is 47.4 Å². The quantitative estimate of drug-likeness (QED) is 0.343. The van der Waals surface area contributed by atoms with Crippen LogP contribution in [0.2, 0.25) is 5.02 Å². The topological polar surface area (TPSA) is 55.8 Å². The van der Waals surface area contributed by atoms with Gasteiger partial charge in [-0.1, -0.05) is 35.9 Å². The number of nitrogens with one attached hydrogen (secondary N) is 2. The number of piperazine rings is 1. The monoisotopic (exact) mass is 528 g/mol. The van der Waals surface area contributed by atoms with Gasteiger partial charge in [0.2, 0.25) is 0 Å². The number of rotatable bonds is 6. The molecule has 0 saturated carbocycles. The van der Waals surface area contributed by atoms with E-state index in [1.807, 2.05) is 30.5 Å². The molecule has 1 fully saturated rings. The lowest BCUT2D eigenvalue weighted by molar-refractivity contribution is 0.312. The van der Waals surface area contributed by atoms with Crippen molar-refractivity contribution in [1.82, 2.24) is 20.5 Å². The van der Waals surface area contributed by atoms with E-state index in [1.165, 1.54) is 5.56 Å². The van der Waals surface area contributed by atoms with Crippen molar-refractivity contribution in [3.8, 4) is 0 Å². The van der Waals surface area contributed by atoms with Crippen LogP contribution in [0.25, 0.3) is 0 Å². The summed E-state index contributed by atoms with van der Waals surface area (Å²) >= 11 is 6.23. The van der Waals surface area contributed by atoms with E-state index in [2.05, 4.69) is 49.6 Å². The highest BCUT2D eigenvalue weighted by atomic mass is 127. The highest BCUT2D eigenvalue weighted by Crippen LogP contribution is 2.18. The molecule has 2 aromatic rings. The SMILES string of the molecule is CN=C(NCCc1ccccc1Cl)NCc1cccnc1N1CCN(C)CC1.I. The van der Waals surface area contributed by atoms with Crippen LogP contribution in [0.5, 0.6) is 0 Å². The second-order valence-corrected chi connectivity index (χ2v) is 7.38. The molecule has 6 nitrogen and oxygen atoms in total. The molecule has 1 aliphatic heterocycles. The Labute approximate surface area is 195 Å². The third kappa shape index (κ3) is 7.01. The second-order valence-electron chi connectivity index (χ2n) is 6.97. The lowest BCUT2D eigenvalue weighted by Gasteiger charge is -2.34. The number of aliphatic imine (C=N–C) groups is 1. The number of hydrogen-bond donors (Lipinski definition) is 2. The predicted molar refractivity (Wildman–Crippen MR) is 133 cm³/mol. The highest BCUT2D eigenvalue weighted by molar-refractivity contribution is 14.0. The Morgan fingerprint density at radius 3 is 2.52 bits per heavy atom. The molecule has 0 amide bonds. The summed E-state index contributed by atoms with van der Waals surface area (Å²) in [5.41, 5.74) is 2.32. The van der Waals surface area contributed by atoms with Gasteiger partial charge < -0.3 is 20.4 Å². The van der Waals surface area contributed by atoms with Crippen molar-refractivity contribution in [1.29, 1.82) is 0 Å². The maximum absolute atomic E-state index is 6.23. The molecule has 0 unspecified atom stereocenters. The summed E-state index contributed by atoms with van der Waals surface area (Å²) in [4.78, 5) is 13.7. The van der Waals surface area contributed by atoms with E-state index < -0.39 is 0 Å². The first-order valence-electron chi connectivity index (χ1n) is 9.72. The number of guanidine groups is 1. The molecule has 2 N–H and O–H groups in total. The second kappa shape index (κ2) is 12.2. The molecular formula is C21H30ClIN6. The van der Waals surface area contributed by atoms with Crippen LogP contribution in [0.15, 0.2) is 47.6 Å². The number of likely N-dealkylation sites (N-methyl/N-ethyl adjacent to an activating group) is 1. The summed E-state index contributed by atoms with van der Waals surface area (Å²) in [6, 6.07) is 12.1.